The molecule has 1 N–H and O–H groups in total. The Morgan fingerprint density at radius 2 is 1.83 bits per heavy atom. The predicted molar refractivity (Wildman–Crippen MR) is 58.3 cm³/mol. The molecule has 12 heavy (non-hydrogen) atoms. The molecular weight excluding hydrogens is 168 g/mol. The Hall–Kier alpha value is -0.310. The highest BCUT2D eigenvalue weighted by molar-refractivity contribution is 7.80. The van der Waals surface area contributed by atoms with Crippen LogP contribution in [0.15, 0.2) is 0 Å². The largest absolute Gasteiger partial charge is 0.362 e. The molecule has 2 nitrogen and oxygen atoms in total. The molecule has 0 aromatic carbocycles. The minimum absolute atomic E-state index is 0.470. The van der Waals surface area contributed by atoms with Gasteiger partial charge in [0.25, 0.3) is 0 Å². The van der Waals surface area contributed by atoms with E-state index in [1.54, 1.807) is 0 Å². The van der Waals surface area contributed by atoms with Gasteiger partial charge in [0, 0.05) is 19.6 Å². The first-order valence-corrected chi connectivity index (χ1v) is 4.86. The van der Waals surface area contributed by atoms with Crippen molar-refractivity contribution in [3.63, 3.8) is 0 Å². The summed E-state index contributed by atoms with van der Waals surface area (Å²) in [6.07, 6.45) is 0. The van der Waals surface area contributed by atoms with Gasteiger partial charge in [-0.3, -0.25) is 0 Å². The molecule has 3 heteroatoms. The highest BCUT2D eigenvalue weighted by atomic mass is 32.1. The van der Waals surface area contributed by atoms with Crippen molar-refractivity contribution in [1.29, 1.82) is 0 Å². The van der Waals surface area contributed by atoms with Crippen molar-refractivity contribution < 1.29 is 0 Å². The first-order chi connectivity index (χ1) is 5.45. The summed E-state index contributed by atoms with van der Waals surface area (Å²) in [5.41, 5.74) is 0. The monoisotopic (exact) mass is 188 g/mol. The third-order valence-electron chi connectivity index (χ3n) is 1.76. The number of thiocarbonyl (C=S) groups is 1. The lowest BCUT2D eigenvalue weighted by Gasteiger charge is -2.25. The molecule has 0 heterocycles. The van der Waals surface area contributed by atoms with Gasteiger partial charge in [-0.2, -0.15) is 0 Å². The SMILES string of the molecule is CC(C)CNC(=S)N(C)C(C)C. The van der Waals surface area contributed by atoms with Crippen LogP contribution in [0.2, 0.25) is 0 Å². The number of nitrogens with one attached hydrogen (secondary N) is 1. The molecule has 0 aliphatic heterocycles. The summed E-state index contributed by atoms with van der Waals surface area (Å²) in [6, 6.07) is 0.470. The van der Waals surface area contributed by atoms with E-state index < -0.39 is 0 Å². The number of hydrogen-bond acceptors (Lipinski definition) is 1. The zero-order chi connectivity index (χ0) is 9.72. The summed E-state index contributed by atoms with van der Waals surface area (Å²) in [5.74, 6) is 0.642. The lowest BCUT2D eigenvalue weighted by atomic mass is 10.2. The van der Waals surface area contributed by atoms with Crippen LogP contribution < -0.4 is 5.32 Å². The standard InChI is InChI=1S/C9H20N2S/c1-7(2)6-10-9(12)11(5)8(3)4/h7-8H,6H2,1-5H3,(H,10,12). The van der Waals surface area contributed by atoms with Gasteiger partial charge in [-0.1, -0.05) is 13.8 Å². The smallest absolute Gasteiger partial charge is 0.168 e. The van der Waals surface area contributed by atoms with E-state index in [1.165, 1.54) is 0 Å². The Balaban J connectivity index is 3.72. The van der Waals surface area contributed by atoms with Crippen molar-refractivity contribution in [1.82, 2.24) is 10.2 Å². The molecule has 0 radical (unpaired) electrons. The summed E-state index contributed by atoms with van der Waals surface area (Å²) < 4.78 is 0. The molecule has 0 saturated carbocycles. The van der Waals surface area contributed by atoms with Crippen LogP contribution in [0.4, 0.5) is 0 Å². The maximum absolute atomic E-state index is 5.19. The molecule has 0 amide bonds. The highest BCUT2D eigenvalue weighted by Crippen LogP contribution is 1.95. The predicted octanol–water partition coefficient (Wildman–Crippen LogP) is 1.86. The van der Waals surface area contributed by atoms with Crippen molar-refractivity contribution in [3.8, 4) is 0 Å². The van der Waals surface area contributed by atoms with Crippen LogP contribution in [-0.2, 0) is 0 Å². The molecule has 0 spiro atoms. The molecule has 0 unspecified atom stereocenters. The Morgan fingerprint density at radius 1 is 1.33 bits per heavy atom. The van der Waals surface area contributed by atoms with E-state index in [1.807, 2.05) is 7.05 Å². The molecule has 0 atom stereocenters. The van der Waals surface area contributed by atoms with Gasteiger partial charge < -0.3 is 10.2 Å². The highest BCUT2D eigenvalue weighted by Gasteiger charge is 2.06. The van der Waals surface area contributed by atoms with Gasteiger partial charge in [-0.15, -0.1) is 0 Å². The van der Waals surface area contributed by atoms with Gasteiger partial charge in [-0.25, -0.2) is 0 Å². The van der Waals surface area contributed by atoms with Gasteiger partial charge in [0.15, 0.2) is 5.11 Å². The average molecular weight is 188 g/mol. The van der Waals surface area contributed by atoms with E-state index in [0.717, 1.165) is 11.7 Å². The molecule has 0 aliphatic rings. The second kappa shape index (κ2) is 5.36. The molecule has 0 rings (SSSR count). The molecule has 0 bridgehead atoms. The van der Waals surface area contributed by atoms with Gasteiger partial charge in [0.1, 0.15) is 0 Å². The molecule has 0 saturated heterocycles. The summed E-state index contributed by atoms with van der Waals surface area (Å²) in [5, 5.41) is 4.07. The minimum atomic E-state index is 0.470. The van der Waals surface area contributed by atoms with Crippen LogP contribution in [0.5, 0.6) is 0 Å². The molecule has 0 fully saturated rings. The van der Waals surface area contributed by atoms with Crippen molar-refractivity contribution in [2.24, 2.45) is 5.92 Å². The summed E-state index contributed by atoms with van der Waals surface area (Å²) in [4.78, 5) is 2.07. The second-order valence-electron chi connectivity index (χ2n) is 3.78. The topological polar surface area (TPSA) is 15.3 Å². The van der Waals surface area contributed by atoms with Crippen LogP contribution in [0.3, 0.4) is 0 Å². The lowest BCUT2D eigenvalue weighted by molar-refractivity contribution is 0.407. The first kappa shape index (κ1) is 11.7. The van der Waals surface area contributed by atoms with Gasteiger partial charge in [0.2, 0.25) is 0 Å². The normalized spacial score (nSPS) is 10.6. The molecule has 0 aromatic rings. The third-order valence-corrected chi connectivity index (χ3v) is 2.19. The maximum atomic E-state index is 5.19. The van der Waals surface area contributed by atoms with Crippen molar-refractivity contribution in [2.75, 3.05) is 13.6 Å². The summed E-state index contributed by atoms with van der Waals surface area (Å²) in [6.45, 7) is 9.55. The fourth-order valence-corrected chi connectivity index (χ4v) is 0.945. The van der Waals surface area contributed by atoms with E-state index >= 15 is 0 Å². The number of hydrogen-bond donors (Lipinski definition) is 1. The Labute approximate surface area is 81.3 Å². The van der Waals surface area contributed by atoms with Crippen LogP contribution in [0.1, 0.15) is 27.7 Å². The lowest BCUT2D eigenvalue weighted by Crippen LogP contribution is -2.42. The Kier molecular flexibility index (Phi) is 5.22. The summed E-state index contributed by atoms with van der Waals surface area (Å²) in [7, 11) is 2.01. The van der Waals surface area contributed by atoms with Crippen LogP contribution in [0.25, 0.3) is 0 Å². The zero-order valence-electron chi connectivity index (χ0n) is 8.72. The maximum Gasteiger partial charge on any atom is 0.168 e. The van der Waals surface area contributed by atoms with E-state index in [2.05, 4.69) is 37.9 Å². The van der Waals surface area contributed by atoms with Gasteiger partial charge >= 0.3 is 0 Å². The Bertz CT molecular complexity index is 143. The molecular formula is C9H20N2S. The third kappa shape index (κ3) is 4.54. The van der Waals surface area contributed by atoms with E-state index in [-0.39, 0.29) is 0 Å². The van der Waals surface area contributed by atoms with E-state index in [0.29, 0.717) is 12.0 Å². The Morgan fingerprint density at radius 3 is 2.17 bits per heavy atom. The second-order valence-corrected chi connectivity index (χ2v) is 4.17. The van der Waals surface area contributed by atoms with Gasteiger partial charge in [-0.05, 0) is 32.0 Å². The average Bonchev–Trinajstić information content (AvgIpc) is 1.98. The van der Waals surface area contributed by atoms with E-state index in [9.17, 15) is 0 Å². The number of nitrogens with zero attached hydrogens (tertiary/aromatic N) is 1. The van der Waals surface area contributed by atoms with E-state index in [4.69, 9.17) is 12.2 Å². The summed E-state index contributed by atoms with van der Waals surface area (Å²) >= 11 is 5.19. The zero-order valence-corrected chi connectivity index (χ0v) is 9.53. The first-order valence-electron chi connectivity index (χ1n) is 4.45. The van der Waals surface area contributed by atoms with Crippen molar-refractivity contribution in [2.45, 2.75) is 33.7 Å². The van der Waals surface area contributed by atoms with Crippen molar-refractivity contribution in [3.05, 3.63) is 0 Å². The molecule has 0 aromatic heterocycles. The van der Waals surface area contributed by atoms with Crippen LogP contribution >= 0.6 is 12.2 Å². The fourth-order valence-electron chi connectivity index (χ4n) is 0.651. The van der Waals surface area contributed by atoms with Gasteiger partial charge in [0.05, 0.1) is 0 Å². The fraction of sp³-hybridized carbons (Fsp3) is 0.889. The number of rotatable bonds is 3. The minimum Gasteiger partial charge on any atom is -0.362 e. The van der Waals surface area contributed by atoms with Crippen LogP contribution in [0, 0.1) is 5.92 Å². The quantitative estimate of drug-likeness (QED) is 0.681. The van der Waals surface area contributed by atoms with Crippen LogP contribution in [-0.4, -0.2) is 29.6 Å². The molecule has 0 aliphatic carbocycles. The van der Waals surface area contributed by atoms with Crippen molar-refractivity contribution >= 4 is 17.3 Å². The molecule has 72 valence electrons.